The molecule has 1 amide bonds. The van der Waals surface area contributed by atoms with Gasteiger partial charge in [-0.25, -0.2) is 9.59 Å². The molecule has 0 aliphatic rings. The van der Waals surface area contributed by atoms with Crippen molar-refractivity contribution in [2.75, 3.05) is 11.9 Å². The maximum atomic E-state index is 12.5. The predicted molar refractivity (Wildman–Crippen MR) is 114 cm³/mol. The number of ether oxygens (including phenoxy) is 2. The molecule has 0 aliphatic heterocycles. The highest BCUT2D eigenvalue weighted by Crippen LogP contribution is 2.34. The number of hydrogen-bond acceptors (Lipinski definition) is 6. The van der Waals surface area contributed by atoms with E-state index in [0.29, 0.717) is 17.0 Å². The van der Waals surface area contributed by atoms with Crippen LogP contribution in [0.4, 0.5) is 5.00 Å². The van der Waals surface area contributed by atoms with Crippen molar-refractivity contribution in [3.8, 4) is 0 Å². The number of hydrogen-bond donors (Lipinski definition) is 1. The van der Waals surface area contributed by atoms with E-state index in [0.717, 1.165) is 22.5 Å². The summed E-state index contributed by atoms with van der Waals surface area (Å²) in [7, 11) is 0. The fourth-order valence-corrected chi connectivity index (χ4v) is 3.81. The lowest BCUT2D eigenvalue weighted by Gasteiger charge is -2.07. The first-order chi connectivity index (χ1) is 13.7. The smallest absolute Gasteiger partial charge is 0.348 e. The van der Waals surface area contributed by atoms with Gasteiger partial charge in [0.2, 0.25) is 5.91 Å². The van der Waals surface area contributed by atoms with E-state index in [1.165, 1.54) is 0 Å². The number of carbonyl (C=O) groups is 3. The highest BCUT2D eigenvalue weighted by atomic mass is 32.1. The molecule has 0 aliphatic carbocycles. The molecule has 2 rings (SSSR count). The van der Waals surface area contributed by atoms with Gasteiger partial charge in [-0.1, -0.05) is 29.8 Å². The fraction of sp³-hybridized carbons (Fsp3) is 0.409. The van der Waals surface area contributed by atoms with Gasteiger partial charge < -0.3 is 14.8 Å². The Morgan fingerprint density at radius 1 is 1.07 bits per heavy atom. The van der Waals surface area contributed by atoms with Crippen LogP contribution in [-0.4, -0.2) is 30.6 Å². The SMILES string of the molecule is CCOC(=O)c1c(NC(=O)CCc2ccc(C)cc2)sc(C(=O)OC(C)C)c1C. The molecule has 29 heavy (non-hydrogen) atoms. The van der Waals surface area contributed by atoms with Crippen LogP contribution >= 0.6 is 11.3 Å². The van der Waals surface area contributed by atoms with Crippen LogP contribution in [0.5, 0.6) is 0 Å². The van der Waals surface area contributed by atoms with E-state index < -0.39 is 11.9 Å². The number of esters is 2. The molecule has 0 spiro atoms. The van der Waals surface area contributed by atoms with Gasteiger partial charge in [0.05, 0.1) is 18.3 Å². The van der Waals surface area contributed by atoms with E-state index in [1.807, 2.05) is 31.2 Å². The van der Waals surface area contributed by atoms with Gasteiger partial charge in [0.1, 0.15) is 9.88 Å². The first-order valence-electron chi connectivity index (χ1n) is 9.59. The van der Waals surface area contributed by atoms with Crippen LogP contribution in [0.3, 0.4) is 0 Å². The summed E-state index contributed by atoms with van der Waals surface area (Å²) in [6, 6.07) is 7.98. The molecule has 1 aromatic heterocycles. The summed E-state index contributed by atoms with van der Waals surface area (Å²) in [6.07, 6.45) is 0.546. The van der Waals surface area contributed by atoms with Crippen LogP contribution in [0.1, 0.15) is 63.9 Å². The Hall–Kier alpha value is -2.67. The lowest BCUT2D eigenvalue weighted by Crippen LogP contribution is -2.15. The summed E-state index contributed by atoms with van der Waals surface area (Å²) in [6.45, 7) is 9.06. The van der Waals surface area contributed by atoms with Crippen molar-refractivity contribution >= 4 is 34.2 Å². The van der Waals surface area contributed by atoms with Crippen LogP contribution in [-0.2, 0) is 20.7 Å². The molecule has 1 N–H and O–H groups in total. The zero-order valence-electron chi connectivity index (χ0n) is 17.5. The van der Waals surface area contributed by atoms with E-state index in [-0.39, 0.29) is 35.5 Å². The lowest BCUT2D eigenvalue weighted by atomic mass is 10.1. The first kappa shape index (κ1) is 22.6. The van der Waals surface area contributed by atoms with Crippen LogP contribution in [0.2, 0.25) is 0 Å². The van der Waals surface area contributed by atoms with Crippen LogP contribution in [0.25, 0.3) is 0 Å². The van der Waals surface area contributed by atoms with Crippen LogP contribution in [0.15, 0.2) is 24.3 Å². The second-order valence-electron chi connectivity index (χ2n) is 6.97. The van der Waals surface area contributed by atoms with E-state index >= 15 is 0 Å². The number of aryl methyl sites for hydroxylation is 2. The highest BCUT2D eigenvalue weighted by Gasteiger charge is 2.27. The molecule has 1 heterocycles. The van der Waals surface area contributed by atoms with Crippen LogP contribution in [0, 0.1) is 13.8 Å². The highest BCUT2D eigenvalue weighted by molar-refractivity contribution is 7.18. The fourth-order valence-electron chi connectivity index (χ4n) is 2.71. The molecule has 0 saturated carbocycles. The minimum absolute atomic E-state index is 0.195. The van der Waals surface area contributed by atoms with Gasteiger partial charge in [-0.05, 0) is 52.2 Å². The molecule has 0 atom stereocenters. The Morgan fingerprint density at radius 2 is 1.72 bits per heavy atom. The zero-order chi connectivity index (χ0) is 21.6. The maximum absolute atomic E-state index is 12.5. The molecule has 0 radical (unpaired) electrons. The molecule has 7 heteroatoms. The lowest BCUT2D eigenvalue weighted by molar-refractivity contribution is -0.116. The van der Waals surface area contributed by atoms with Gasteiger partial charge >= 0.3 is 11.9 Å². The molecule has 0 unspecified atom stereocenters. The molecule has 0 bridgehead atoms. The van der Waals surface area contributed by atoms with Gasteiger partial charge in [-0.15, -0.1) is 11.3 Å². The van der Waals surface area contributed by atoms with Gasteiger partial charge in [0.15, 0.2) is 0 Å². The number of benzene rings is 1. The third kappa shape index (κ3) is 6.15. The van der Waals surface area contributed by atoms with Crippen molar-refractivity contribution in [1.29, 1.82) is 0 Å². The Kier molecular flexibility index (Phi) is 7.96. The normalized spacial score (nSPS) is 10.7. The average molecular weight is 418 g/mol. The number of nitrogens with one attached hydrogen (secondary N) is 1. The third-order valence-corrected chi connectivity index (χ3v) is 5.36. The van der Waals surface area contributed by atoms with Gasteiger partial charge in [-0.3, -0.25) is 4.79 Å². The second kappa shape index (κ2) is 10.2. The molecule has 1 aromatic carbocycles. The quantitative estimate of drug-likeness (QED) is 0.631. The van der Waals surface area contributed by atoms with E-state index in [1.54, 1.807) is 27.7 Å². The minimum Gasteiger partial charge on any atom is -0.462 e. The van der Waals surface area contributed by atoms with Gasteiger partial charge in [0.25, 0.3) is 0 Å². The summed E-state index contributed by atoms with van der Waals surface area (Å²) >= 11 is 1.04. The van der Waals surface area contributed by atoms with Crippen molar-refractivity contribution in [3.63, 3.8) is 0 Å². The monoisotopic (exact) mass is 417 g/mol. The second-order valence-corrected chi connectivity index (χ2v) is 7.99. The first-order valence-corrected chi connectivity index (χ1v) is 10.4. The number of thiophene rings is 1. The molecule has 2 aromatic rings. The number of anilines is 1. The Bertz CT molecular complexity index is 883. The van der Waals surface area contributed by atoms with Gasteiger partial charge in [0, 0.05) is 6.42 Å². The molecular weight excluding hydrogens is 390 g/mol. The molecular formula is C22H27NO5S. The van der Waals surface area contributed by atoms with Crippen molar-refractivity contribution in [3.05, 3.63) is 51.4 Å². The standard InChI is InChI=1S/C22H27NO5S/c1-6-27-21(25)18-15(5)19(22(26)28-13(2)3)29-20(18)23-17(24)12-11-16-9-7-14(4)8-10-16/h7-10,13H,6,11-12H2,1-5H3,(H,23,24). The van der Waals surface area contributed by atoms with Gasteiger partial charge in [-0.2, -0.15) is 0 Å². The molecule has 156 valence electrons. The van der Waals surface area contributed by atoms with Crippen molar-refractivity contribution in [2.24, 2.45) is 0 Å². The number of rotatable bonds is 8. The molecule has 0 saturated heterocycles. The van der Waals surface area contributed by atoms with E-state index in [9.17, 15) is 14.4 Å². The molecule has 6 nitrogen and oxygen atoms in total. The zero-order valence-corrected chi connectivity index (χ0v) is 18.3. The maximum Gasteiger partial charge on any atom is 0.348 e. The van der Waals surface area contributed by atoms with E-state index in [2.05, 4.69) is 5.32 Å². The summed E-state index contributed by atoms with van der Waals surface area (Å²) in [5.41, 5.74) is 2.87. The number of amides is 1. The largest absolute Gasteiger partial charge is 0.462 e. The topological polar surface area (TPSA) is 81.7 Å². The van der Waals surface area contributed by atoms with Crippen molar-refractivity contribution in [2.45, 2.75) is 53.6 Å². The summed E-state index contributed by atoms with van der Waals surface area (Å²) in [5.74, 6) is -1.33. The average Bonchev–Trinajstić information content (AvgIpc) is 2.97. The van der Waals surface area contributed by atoms with E-state index in [4.69, 9.17) is 9.47 Å². The third-order valence-electron chi connectivity index (χ3n) is 4.17. The summed E-state index contributed by atoms with van der Waals surface area (Å²) < 4.78 is 10.4. The Labute approximate surface area is 175 Å². The summed E-state index contributed by atoms with van der Waals surface area (Å²) in [4.78, 5) is 37.6. The van der Waals surface area contributed by atoms with Crippen molar-refractivity contribution in [1.82, 2.24) is 0 Å². The molecule has 0 fully saturated rings. The Balaban J connectivity index is 2.20. The number of carbonyl (C=O) groups excluding carboxylic acids is 3. The summed E-state index contributed by atoms with van der Waals surface area (Å²) in [5, 5.41) is 3.08. The predicted octanol–water partition coefficient (Wildman–Crippen LogP) is 4.68. The van der Waals surface area contributed by atoms with Crippen molar-refractivity contribution < 1.29 is 23.9 Å². The van der Waals surface area contributed by atoms with Crippen LogP contribution < -0.4 is 5.32 Å². The Morgan fingerprint density at radius 3 is 2.31 bits per heavy atom. The minimum atomic E-state index is -0.571.